The Morgan fingerprint density at radius 1 is 0.935 bits per heavy atom. The van der Waals surface area contributed by atoms with Crippen molar-refractivity contribution >= 4 is 40.4 Å². The molecule has 0 radical (unpaired) electrons. The second-order valence-corrected chi connectivity index (χ2v) is 7.20. The van der Waals surface area contributed by atoms with E-state index in [9.17, 15) is 9.90 Å². The number of para-hydroxylation sites is 1. The minimum Gasteiger partial charge on any atom is -0.494 e. The molecule has 1 aliphatic heterocycles. The Bertz CT molecular complexity index is 1510. The number of nitrogens with one attached hydrogen (secondary N) is 1. The van der Waals surface area contributed by atoms with Crippen LogP contribution in [-0.4, -0.2) is 21.2 Å². The summed E-state index contributed by atoms with van der Waals surface area (Å²) in [6.45, 7) is 0. The summed E-state index contributed by atoms with van der Waals surface area (Å²) in [5.74, 6) is -0.815. The lowest BCUT2D eigenvalue weighted by Crippen LogP contribution is -2.08. The molecule has 0 saturated carbocycles. The van der Waals surface area contributed by atoms with Gasteiger partial charge >= 0.3 is 5.97 Å². The monoisotopic (exact) mass is 407 g/mol. The second-order valence-electron chi connectivity index (χ2n) is 7.20. The fraction of sp³-hybridized carbons (Fsp3) is 0. The average molecular weight is 407 g/mol. The quantitative estimate of drug-likeness (QED) is 0.470. The van der Waals surface area contributed by atoms with Crippen molar-refractivity contribution in [2.24, 2.45) is 10.2 Å². The number of aromatic amines is 1. The lowest BCUT2D eigenvalue weighted by atomic mass is 10.1. The van der Waals surface area contributed by atoms with Crippen molar-refractivity contribution in [3.63, 3.8) is 0 Å². The van der Waals surface area contributed by atoms with Crippen molar-refractivity contribution in [2.75, 3.05) is 0 Å². The van der Waals surface area contributed by atoms with E-state index in [0.29, 0.717) is 0 Å². The van der Waals surface area contributed by atoms with Crippen molar-refractivity contribution in [1.29, 1.82) is 0 Å². The van der Waals surface area contributed by atoms with Crippen LogP contribution in [0.5, 0.6) is 5.88 Å². The van der Waals surface area contributed by atoms with Gasteiger partial charge in [0.15, 0.2) is 5.88 Å². The molecule has 2 heterocycles. The molecule has 3 N–H and O–H groups in total. The molecule has 0 atom stereocenters. The Morgan fingerprint density at radius 3 is 2.55 bits per heavy atom. The molecule has 6 heteroatoms. The smallest absolute Gasteiger partial charge is 0.335 e. The van der Waals surface area contributed by atoms with Gasteiger partial charge in [0.25, 0.3) is 0 Å². The largest absolute Gasteiger partial charge is 0.494 e. The maximum absolute atomic E-state index is 11.0. The van der Waals surface area contributed by atoms with Crippen LogP contribution in [0.2, 0.25) is 0 Å². The number of nitrogens with zero attached hydrogens (tertiary/aromatic N) is 2. The van der Waals surface area contributed by atoms with E-state index >= 15 is 0 Å². The number of H-pyrrole nitrogens is 1. The lowest BCUT2D eigenvalue weighted by molar-refractivity contribution is 0.0697. The van der Waals surface area contributed by atoms with Crippen LogP contribution in [0.1, 0.15) is 21.5 Å². The van der Waals surface area contributed by atoms with Gasteiger partial charge in [-0.2, -0.15) is 0 Å². The van der Waals surface area contributed by atoms with Gasteiger partial charge in [-0.15, -0.1) is 10.2 Å². The first kappa shape index (κ1) is 18.6. The first-order valence-corrected chi connectivity index (χ1v) is 9.67. The van der Waals surface area contributed by atoms with Gasteiger partial charge < -0.3 is 15.2 Å². The standard InChI is InChI=1S/C25H17N3O3/c29-24-20(18-3-1-2-4-21(18)26-24)13-16-7-11-19-22(27-28-23(19)14-16)12-8-15-5-9-17(10-6-15)25(30)31/h1-14,26,29H,(H,30,31)/b12-8+,16-13?. The molecule has 6 nitrogen and oxygen atoms in total. The van der Waals surface area contributed by atoms with Crippen LogP contribution in [0.3, 0.4) is 0 Å². The summed E-state index contributed by atoms with van der Waals surface area (Å²) in [6.07, 6.45) is 5.65. The number of carbonyl (C=O) groups is 1. The lowest BCUT2D eigenvalue weighted by Gasteiger charge is -1.96. The number of hydrogen-bond donors (Lipinski definition) is 3. The maximum atomic E-state index is 11.0. The van der Waals surface area contributed by atoms with E-state index in [2.05, 4.69) is 15.2 Å². The number of aromatic hydroxyl groups is 1. The van der Waals surface area contributed by atoms with E-state index < -0.39 is 5.97 Å². The fourth-order valence-electron chi connectivity index (χ4n) is 3.60. The highest BCUT2D eigenvalue weighted by atomic mass is 16.4. The number of carboxylic acids is 1. The molecule has 31 heavy (non-hydrogen) atoms. The molecular weight excluding hydrogens is 390 g/mol. The minimum absolute atomic E-state index is 0.132. The first-order chi connectivity index (χ1) is 15.1. The Kier molecular flexibility index (Phi) is 4.45. The highest BCUT2D eigenvalue weighted by Crippen LogP contribution is 2.27. The molecule has 1 aromatic heterocycles. The number of carboxylic acid groups (broad SMARTS) is 1. The number of rotatable bonds is 4. The summed E-state index contributed by atoms with van der Waals surface area (Å²) in [6, 6.07) is 20.2. The van der Waals surface area contributed by atoms with E-state index in [1.807, 2.05) is 60.7 Å². The van der Waals surface area contributed by atoms with Crippen LogP contribution < -0.4 is 10.4 Å². The SMILES string of the molecule is O=C(O)c1ccc(/C=C/C2=c3ccc(=Cc4c(O)[nH]c5ccccc45)cc3N=N2)cc1. The van der Waals surface area contributed by atoms with Crippen LogP contribution in [0.25, 0.3) is 28.8 Å². The zero-order valence-corrected chi connectivity index (χ0v) is 16.3. The fourth-order valence-corrected chi connectivity index (χ4v) is 3.60. The molecule has 3 aromatic carbocycles. The molecule has 1 aliphatic rings. The normalized spacial score (nSPS) is 13.4. The molecule has 0 spiro atoms. The highest BCUT2D eigenvalue weighted by Gasteiger charge is 2.09. The van der Waals surface area contributed by atoms with E-state index in [1.54, 1.807) is 24.3 Å². The molecule has 0 aliphatic carbocycles. The molecule has 4 aromatic rings. The number of azo groups is 1. The van der Waals surface area contributed by atoms with Crippen molar-refractivity contribution in [3.8, 4) is 5.88 Å². The van der Waals surface area contributed by atoms with Gasteiger partial charge in [0.1, 0.15) is 0 Å². The Labute approximate surface area is 176 Å². The maximum Gasteiger partial charge on any atom is 0.335 e. The van der Waals surface area contributed by atoms with Crippen LogP contribution in [0.15, 0.2) is 83.0 Å². The zero-order chi connectivity index (χ0) is 21.4. The minimum atomic E-state index is -0.947. The molecule has 0 saturated heterocycles. The Hall–Kier alpha value is -4.45. The third kappa shape index (κ3) is 3.51. The summed E-state index contributed by atoms with van der Waals surface area (Å²) in [7, 11) is 0. The Balaban J connectivity index is 1.49. The predicted molar refractivity (Wildman–Crippen MR) is 120 cm³/mol. The third-order valence-electron chi connectivity index (χ3n) is 5.19. The van der Waals surface area contributed by atoms with Gasteiger partial charge in [0, 0.05) is 21.7 Å². The van der Waals surface area contributed by atoms with Gasteiger partial charge in [0.2, 0.25) is 0 Å². The molecule has 150 valence electrons. The molecule has 0 amide bonds. The summed E-state index contributed by atoms with van der Waals surface area (Å²) >= 11 is 0. The van der Waals surface area contributed by atoms with Gasteiger partial charge in [0.05, 0.1) is 16.9 Å². The van der Waals surface area contributed by atoms with Gasteiger partial charge in [-0.05, 0) is 53.3 Å². The van der Waals surface area contributed by atoms with Crippen LogP contribution >= 0.6 is 0 Å². The molecule has 5 rings (SSSR count). The molecule has 0 fully saturated rings. The van der Waals surface area contributed by atoms with Gasteiger partial charge in [-0.1, -0.05) is 42.5 Å². The van der Waals surface area contributed by atoms with Crippen molar-refractivity contribution < 1.29 is 15.0 Å². The van der Waals surface area contributed by atoms with Crippen molar-refractivity contribution in [2.45, 2.75) is 0 Å². The first-order valence-electron chi connectivity index (χ1n) is 9.67. The summed E-state index contributed by atoms with van der Waals surface area (Å²) in [4.78, 5) is 13.9. The number of aromatic nitrogens is 1. The third-order valence-corrected chi connectivity index (χ3v) is 5.19. The van der Waals surface area contributed by atoms with E-state index in [0.717, 1.165) is 43.9 Å². The van der Waals surface area contributed by atoms with Crippen LogP contribution in [0, 0.1) is 0 Å². The number of hydrogen-bond acceptors (Lipinski definition) is 4. The summed E-state index contributed by atoms with van der Waals surface area (Å²) < 4.78 is 0. The average Bonchev–Trinajstić information content (AvgIpc) is 3.33. The number of fused-ring (bicyclic) bond motifs is 2. The van der Waals surface area contributed by atoms with Crippen LogP contribution in [-0.2, 0) is 0 Å². The topological polar surface area (TPSA) is 98.0 Å². The molecular formula is C25H17N3O3. The van der Waals surface area contributed by atoms with Crippen LogP contribution in [0.4, 0.5) is 5.69 Å². The predicted octanol–water partition coefficient (Wildman–Crippen LogP) is 4.32. The second kappa shape index (κ2) is 7.42. The summed E-state index contributed by atoms with van der Waals surface area (Å²) in [5.41, 5.74) is 4.23. The molecule has 0 bridgehead atoms. The molecule has 0 unspecified atom stereocenters. The number of aromatic carboxylic acids is 1. The summed E-state index contributed by atoms with van der Waals surface area (Å²) in [5, 5.41) is 30.6. The van der Waals surface area contributed by atoms with Crippen molar-refractivity contribution in [1.82, 2.24) is 4.98 Å². The van der Waals surface area contributed by atoms with Crippen molar-refractivity contribution in [3.05, 3.63) is 99.9 Å². The highest BCUT2D eigenvalue weighted by molar-refractivity contribution is 5.91. The van der Waals surface area contributed by atoms with E-state index in [1.165, 1.54) is 0 Å². The zero-order valence-electron chi connectivity index (χ0n) is 16.3. The van der Waals surface area contributed by atoms with Gasteiger partial charge in [-0.3, -0.25) is 0 Å². The Morgan fingerprint density at radius 2 is 1.74 bits per heavy atom. The van der Waals surface area contributed by atoms with Gasteiger partial charge in [-0.25, -0.2) is 4.79 Å². The van der Waals surface area contributed by atoms with E-state index in [4.69, 9.17) is 5.11 Å². The number of benzene rings is 3. The van der Waals surface area contributed by atoms with E-state index in [-0.39, 0.29) is 11.4 Å².